The Morgan fingerprint density at radius 2 is 1.72 bits per heavy atom. The van der Waals surface area contributed by atoms with Gasteiger partial charge in [-0.05, 0) is 17.7 Å². The Labute approximate surface area is 163 Å². The molecule has 2 aromatic rings. The summed E-state index contributed by atoms with van der Waals surface area (Å²) in [7, 11) is 0. The van der Waals surface area contributed by atoms with E-state index in [9.17, 15) is 9.59 Å². The lowest BCUT2D eigenvalue weighted by Crippen LogP contribution is -2.28. The van der Waals surface area contributed by atoms with Crippen LogP contribution in [0.4, 0.5) is 5.69 Å². The third-order valence-corrected chi connectivity index (χ3v) is 4.39. The molecule has 1 aromatic carbocycles. The van der Waals surface area contributed by atoms with Gasteiger partial charge in [0, 0.05) is 11.6 Å². The number of carbonyl (C=O) groups excluding carboxylic acids is 2. The Kier molecular flexibility index (Phi) is 6.72. The van der Waals surface area contributed by atoms with Gasteiger partial charge in [0.05, 0.1) is 10.7 Å². The van der Waals surface area contributed by atoms with Crippen LogP contribution in [0, 0.1) is 0 Å². The highest BCUT2D eigenvalue weighted by atomic mass is 35.5. The lowest BCUT2D eigenvalue weighted by Gasteiger charge is -2.09. The van der Waals surface area contributed by atoms with Crippen LogP contribution in [-0.2, 0) is 16.1 Å². The predicted molar refractivity (Wildman–Crippen MR) is 97.3 cm³/mol. The molecule has 25 heavy (non-hydrogen) atoms. The van der Waals surface area contributed by atoms with Crippen molar-refractivity contribution in [2.45, 2.75) is 6.54 Å². The number of halogens is 4. The van der Waals surface area contributed by atoms with Crippen molar-refractivity contribution in [3.05, 3.63) is 55.7 Å². The number of nitrogens with two attached hydrogens (primary N) is 1. The SMILES string of the molecule is Nc1c(Cl)c(Cl)nc(C(=O)OCC(=O)NCc2ccc(Cl)cc2)c1Cl. The number of amides is 1. The summed E-state index contributed by atoms with van der Waals surface area (Å²) >= 11 is 23.2. The van der Waals surface area contributed by atoms with E-state index >= 15 is 0 Å². The van der Waals surface area contributed by atoms with Crippen molar-refractivity contribution in [1.29, 1.82) is 0 Å². The van der Waals surface area contributed by atoms with Crippen molar-refractivity contribution in [3.63, 3.8) is 0 Å². The minimum Gasteiger partial charge on any atom is -0.451 e. The van der Waals surface area contributed by atoms with Crippen molar-refractivity contribution in [2.24, 2.45) is 0 Å². The number of esters is 1. The maximum absolute atomic E-state index is 12.0. The lowest BCUT2D eigenvalue weighted by atomic mass is 10.2. The highest BCUT2D eigenvalue weighted by molar-refractivity contribution is 6.46. The Hall–Kier alpha value is -1.73. The number of pyridine rings is 1. The molecule has 0 aliphatic heterocycles. The van der Waals surface area contributed by atoms with Gasteiger partial charge in [0.15, 0.2) is 17.5 Å². The molecule has 1 aromatic heterocycles. The van der Waals surface area contributed by atoms with E-state index in [2.05, 4.69) is 10.3 Å². The summed E-state index contributed by atoms with van der Waals surface area (Å²) in [5.74, 6) is -1.45. The Morgan fingerprint density at radius 3 is 2.36 bits per heavy atom. The Bertz CT molecular complexity index is 813. The summed E-state index contributed by atoms with van der Waals surface area (Å²) in [5, 5.41) is 2.73. The lowest BCUT2D eigenvalue weighted by molar-refractivity contribution is -0.124. The number of hydrogen-bond donors (Lipinski definition) is 2. The second-order valence-corrected chi connectivity index (χ2v) is 6.32. The van der Waals surface area contributed by atoms with Gasteiger partial charge in [-0.2, -0.15) is 0 Å². The van der Waals surface area contributed by atoms with E-state index < -0.39 is 18.5 Å². The molecule has 132 valence electrons. The molecule has 0 atom stereocenters. The van der Waals surface area contributed by atoms with Gasteiger partial charge in [0.25, 0.3) is 5.91 Å². The maximum Gasteiger partial charge on any atom is 0.359 e. The van der Waals surface area contributed by atoms with E-state index in [0.29, 0.717) is 5.02 Å². The van der Waals surface area contributed by atoms with Crippen molar-refractivity contribution >= 4 is 64.0 Å². The monoisotopic (exact) mass is 421 g/mol. The zero-order chi connectivity index (χ0) is 18.6. The van der Waals surface area contributed by atoms with Crippen LogP contribution in [0.25, 0.3) is 0 Å². The van der Waals surface area contributed by atoms with Crippen molar-refractivity contribution in [3.8, 4) is 0 Å². The van der Waals surface area contributed by atoms with E-state index in [0.717, 1.165) is 5.56 Å². The molecule has 0 aliphatic carbocycles. The molecule has 2 rings (SSSR count). The number of nitrogens with zero attached hydrogens (tertiary/aromatic N) is 1. The van der Waals surface area contributed by atoms with Crippen LogP contribution in [0.15, 0.2) is 24.3 Å². The number of anilines is 1. The fourth-order valence-corrected chi connectivity index (χ4v) is 2.43. The zero-order valence-electron chi connectivity index (χ0n) is 12.5. The molecule has 0 radical (unpaired) electrons. The number of nitrogens with one attached hydrogen (secondary N) is 1. The predicted octanol–water partition coefficient (Wildman–Crippen LogP) is 3.75. The van der Waals surface area contributed by atoms with Crippen molar-refractivity contribution in [1.82, 2.24) is 10.3 Å². The van der Waals surface area contributed by atoms with Gasteiger partial charge in [0.2, 0.25) is 0 Å². The van der Waals surface area contributed by atoms with E-state index in [4.69, 9.17) is 56.9 Å². The second-order valence-electron chi connectivity index (χ2n) is 4.77. The van der Waals surface area contributed by atoms with Crippen LogP contribution in [0.1, 0.15) is 16.1 Å². The Balaban J connectivity index is 1.91. The molecule has 1 heterocycles. The number of nitrogen functional groups attached to an aromatic ring is 1. The van der Waals surface area contributed by atoms with Gasteiger partial charge in [0.1, 0.15) is 5.02 Å². The van der Waals surface area contributed by atoms with Gasteiger partial charge in [-0.15, -0.1) is 0 Å². The molecule has 10 heteroatoms. The molecule has 1 amide bonds. The second kappa shape index (κ2) is 8.58. The molecular weight excluding hydrogens is 412 g/mol. The van der Waals surface area contributed by atoms with Gasteiger partial charge in [-0.1, -0.05) is 58.5 Å². The number of hydrogen-bond acceptors (Lipinski definition) is 5. The fraction of sp³-hybridized carbons (Fsp3) is 0.133. The van der Waals surface area contributed by atoms with Gasteiger partial charge >= 0.3 is 5.97 Å². The molecule has 0 saturated carbocycles. The molecule has 0 fully saturated rings. The molecule has 3 N–H and O–H groups in total. The van der Waals surface area contributed by atoms with E-state index in [1.807, 2.05) is 0 Å². The van der Waals surface area contributed by atoms with Crippen LogP contribution in [-0.4, -0.2) is 23.5 Å². The van der Waals surface area contributed by atoms with Crippen molar-refractivity contribution < 1.29 is 14.3 Å². The maximum atomic E-state index is 12.0. The van der Waals surface area contributed by atoms with Crippen LogP contribution in [0.2, 0.25) is 20.2 Å². The molecular formula is C15H11Cl4N3O3. The fourth-order valence-electron chi connectivity index (χ4n) is 1.72. The number of benzene rings is 1. The topological polar surface area (TPSA) is 94.3 Å². The summed E-state index contributed by atoms with van der Waals surface area (Å²) in [6.45, 7) is -0.267. The first-order valence-electron chi connectivity index (χ1n) is 6.77. The summed E-state index contributed by atoms with van der Waals surface area (Å²) < 4.78 is 4.85. The molecule has 0 bridgehead atoms. The number of rotatable bonds is 5. The van der Waals surface area contributed by atoms with E-state index in [1.54, 1.807) is 24.3 Å². The summed E-state index contributed by atoms with van der Waals surface area (Å²) in [5.41, 5.74) is 6.04. The largest absolute Gasteiger partial charge is 0.451 e. The Morgan fingerprint density at radius 1 is 1.08 bits per heavy atom. The van der Waals surface area contributed by atoms with Crippen LogP contribution >= 0.6 is 46.4 Å². The van der Waals surface area contributed by atoms with Crippen molar-refractivity contribution in [2.75, 3.05) is 12.3 Å². The van der Waals surface area contributed by atoms with Gasteiger partial charge in [-0.3, -0.25) is 4.79 Å². The highest BCUT2D eigenvalue weighted by Crippen LogP contribution is 2.34. The first-order chi connectivity index (χ1) is 11.8. The average molecular weight is 423 g/mol. The smallest absolute Gasteiger partial charge is 0.359 e. The molecule has 0 unspecified atom stereocenters. The quantitative estimate of drug-likeness (QED) is 0.565. The highest BCUT2D eigenvalue weighted by Gasteiger charge is 2.21. The first kappa shape index (κ1) is 19.6. The summed E-state index contributed by atoms with van der Waals surface area (Å²) in [4.78, 5) is 27.4. The zero-order valence-corrected chi connectivity index (χ0v) is 15.5. The van der Waals surface area contributed by atoms with Crippen LogP contribution in [0.5, 0.6) is 0 Å². The standard InChI is InChI=1S/C15H11Cl4N3O3/c16-8-3-1-7(2-4-8)5-21-9(23)6-25-15(24)13-10(17)12(20)11(18)14(19)22-13/h1-4H,5-6H2,(H2,20,22)(H,21,23). The third kappa shape index (κ3) is 5.12. The normalized spacial score (nSPS) is 10.4. The number of carbonyl (C=O) groups is 2. The van der Waals surface area contributed by atoms with Gasteiger partial charge in [-0.25, -0.2) is 9.78 Å². The number of aromatic nitrogens is 1. The number of ether oxygens (including phenoxy) is 1. The first-order valence-corrected chi connectivity index (χ1v) is 8.29. The molecule has 0 spiro atoms. The minimum atomic E-state index is -0.947. The van der Waals surface area contributed by atoms with Crippen LogP contribution < -0.4 is 11.1 Å². The summed E-state index contributed by atoms with van der Waals surface area (Å²) in [6.07, 6.45) is 0. The summed E-state index contributed by atoms with van der Waals surface area (Å²) in [6, 6.07) is 6.92. The average Bonchev–Trinajstić information content (AvgIpc) is 2.60. The molecule has 0 aliphatic rings. The molecule has 6 nitrogen and oxygen atoms in total. The van der Waals surface area contributed by atoms with E-state index in [-0.39, 0.29) is 33.1 Å². The third-order valence-electron chi connectivity index (χ3n) is 3.00. The van der Waals surface area contributed by atoms with Gasteiger partial charge < -0.3 is 15.8 Å². The van der Waals surface area contributed by atoms with Crippen LogP contribution in [0.3, 0.4) is 0 Å². The minimum absolute atomic E-state index is 0.0658. The molecule has 0 saturated heterocycles. The van der Waals surface area contributed by atoms with E-state index in [1.165, 1.54) is 0 Å².